The molecule has 8 nitrogen and oxygen atoms in total. The molecule has 2 aliphatic heterocycles. The van der Waals surface area contributed by atoms with E-state index in [0.29, 0.717) is 12.8 Å². The number of halogens is 1. The van der Waals surface area contributed by atoms with Gasteiger partial charge in [0.05, 0.1) is 19.0 Å². The van der Waals surface area contributed by atoms with E-state index in [-0.39, 0.29) is 48.8 Å². The van der Waals surface area contributed by atoms with E-state index in [1.54, 1.807) is 4.90 Å². The van der Waals surface area contributed by atoms with Crippen molar-refractivity contribution in [1.29, 1.82) is 0 Å². The third-order valence-corrected chi connectivity index (χ3v) is 6.18. The van der Waals surface area contributed by atoms with Gasteiger partial charge in [0.1, 0.15) is 12.1 Å². The van der Waals surface area contributed by atoms with Crippen LogP contribution in [-0.4, -0.2) is 45.1 Å². The Morgan fingerprint density at radius 2 is 2.11 bits per heavy atom. The van der Waals surface area contributed by atoms with Crippen LogP contribution < -0.4 is 19.5 Å². The summed E-state index contributed by atoms with van der Waals surface area (Å²) in [6, 6.07) is 2.66. The Labute approximate surface area is 172 Å². The molecule has 4 atom stereocenters. The number of amides is 2. The molecule has 1 aromatic heterocycles. The molecule has 2 aliphatic rings. The van der Waals surface area contributed by atoms with Gasteiger partial charge in [-0.2, -0.15) is 4.90 Å². The van der Waals surface area contributed by atoms with Gasteiger partial charge in [0, 0.05) is 17.9 Å². The Kier molecular flexibility index (Phi) is 6.73. The molecule has 0 saturated carbocycles. The van der Waals surface area contributed by atoms with Crippen molar-refractivity contribution in [2.24, 2.45) is 5.92 Å². The monoisotopic (exact) mass is 431 g/mol. The topological polar surface area (TPSA) is 99.5 Å². The van der Waals surface area contributed by atoms with Gasteiger partial charge in [-0.15, -0.1) is 12.4 Å². The SMILES string of the molecule is CC[C@@H](C)C(=O)N[C@@H]1C(=O)N2c3c(ccc[n+]3C1C)C[C@H]2CNS(C)(=O)=O.Cl. The third kappa shape index (κ3) is 4.16. The zero-order valence-electron chi connectivity index (χ0n) is 16.5. The minimum absolute atomic E-state index is 0. The predicted molar refractivity (Wildman–Crippen MR) is 108 cm³/mol. The molecule has 3 rings (SSSR count). The Bertz CT molecular complexity index is 876. The summed E-state index contributed by atoms with van der Waals surface area (Å²) < 4.78 is 27.5. The Morgan fingerprint density at radius 1 is 1.43 bits per heavy atom. The average Bonchev–Trinajstić information content (AvgIpc) is 2.99. The Morgan fingerprint density at radius 3 is 2.71 bits per heavy atom. The fraction of sp³-hybridized carbons (Fsp3) is 0.611. The number of aromatic nitrogens is 1. The lowest BCUT2D eigenvalue weighted by Crippen LogP contribution is -2.66. The number of carbonyl (C=O) groups is 2. The molecule has 0 saturated heterocycles. The van der Waals surface area contributed by atoms with Gasteiger partial charge >= 0.3 is 5.91 Å². The number of hydrogen-bond donors (Lipinski definition) is 2. The van der Waals surface area contributed by atoms with Gasteiger partial charge in [0.15, 0.2) is 6.04 Å². The maximum Gasteiger partial charge on any atom is 0.336 e. The van der Waals surface area contributed by atoms with Crippen molar-refractivity contribution in [3.8, 4) is 0 Å². The summed E-state index contributed by atoms with van der Waals surface area (Å²) in [6.45, 7) is 5.82. The highest BCUT2D eigenvalue weighted by atomic mass is 35.5. The van der Waals surface area contributed by atoms with Crippen molar-refractivity contribution in [2.45, 2.75) is 51.7 Å². The smallest absolute Gasteiger partial charge is 0.336 e. The quantitative estimate of drug-likeness (QED) is 0.633. The van der Waals surface area contributed by atoms with Crippen molar-refractivity contribution < 1.29 is 22.6 Å². The first kappa shape index (κ1) is 22.6. The molecule has 0 bridgehead atoms. The molecule has 1 unspecified atom stereocenters. The van der Waals surface area contributed by atoms with E-state index in [2.05, 4.69) is 10.0 Å². The highest BCUT2D eigenvalue weighted by Gasteiger charge is 2.53. The number of rotatable bonds is 6. The molecule has 2 N–H and O–H groups in total. The first-order chi connectivity index (χ1) is 12.6. The Hall–Kier alpha value is -1.71. The molecule has 0 radical (unpaired) electrons. The van der Waals surface area contributed by atoms with Crippen LogP contribution in [0.5, 0.6) is 0 Å². The second kappa shape index (κ2) is 8.34. The van der Waals surface area contributed by atoms with Crippen LogP contribution in [0.15, 0.2) is 18.3 Å². The second-order valence-corrected chi connectivity index (χ2v) is 9.32. The largest absolute Gasteiger partial charge is 0.339 e. The van der Waals surface area contributed by atoms with Crippen molar-refractivity contribution in [3.05, 3.63) is 23.9 Å². The van der Waals surface area contributed by atoms with E-state index < -0.39 is 16.1 Å². The van der Waals surface area contributed by atoms with Gasteiger partial charge in [0.25, 0.3) is 5.82 Å². The number of nitrogens with one attached hydrogen (secondary N) is 2. The van der Waals surface area contributed by atoms with Crippen LogP contribution >= 0.6 is 12.4 Å². The van der Waals surface area contributed by atoms with Gasteiger partial charge < -0.3 is 5.32 Å². The average molecular weight is 432 g/mol. The summed E-state index contributed by atoms with van der Waals surface area (Å²) in [5, 5.41) is 2.90. The maximum atomic E-state index is 13.3. The van der Waals surface area contributed by atoms with Gasteiger partial charge in [0.2, 0.25) is 15.9 Å². The van der Waals surface area contributed by atoms with Crippen molar-refractivity contribution >= 4 is 40.1 Å². The molecular formula is C18H28ClN4O4S+. The van der Waals surface area contributed by atoms with E-state index in [9.17, 15) is 18.0 Å². The zero-order valence-corrected chi connectivity index (χ0v) is 18.1. The lowest BCUT2D eigenvalue weighted by Gasteiger charge is -2.33. The summed E-state index contributed by atoms with van der Waals surface area (Å²) in [6.07, 6.45) is 4.27. The van der Waals surface area contributed by atoms with E-state index in [0.717, 1.165) is 17.6 Å². The van der Waals surface area contributed by atoms with Crippen LogP contribution in [0.4, 0.5) is 5.82 Å². The van der Waals surface area contributed by atoms with Crippen LogP contribution in [-0.2, 0) is 26.0 Å². The van der Waals surface area contributed by atoms with Crippen molar-refractivity contribution in [2.75, 3.05) is 17.7 Å². The van der Waals surface area contributed by atoms with Crippen LogP contribution in [0.1, 0.15) is 38.8 Å². The maximum absolute atomic E-state index is 13.3. The lowest BCUT2D eigenvalue weighted by atomic mass is 10.0. The molecule has 3 heterocycles. The number of pyridine rings is 1. The molecule has 0 fully saturated rings. The molecule has 28 heavy (non-hydrogen) atoms. The second-order valence-electron chi connectivity index (χ2n) is 7.49. The molecule has 0 aromatic carbocycles. The van der Waals surface area contributed by atoms with Crippen LogP contribution in [0.3, 0.4) is 0 Å². The standard InChI is InChI=1S/C18H26N4O4S.ClH/c1-5-11(2)16(23)20-15-12(3)21-8-6-7-13-9-14(10-19-27(4,25)26)22(17(13)21)18(15)24;/h6-8,11-12,14-15,19H,5,9-10H2,1-4H3;1H/p+1/t11-,12?,14+,15+;/m1./s1. The summed E-state index contributed by atoms with van der Waals surface area (Å²) in [5.74, 6) is 0.283. The predicted octanol–water partition coefficient (Wildman–Crippen LogP) is 0.308. The molecular weight excluding hydrogens is 404 g/mol. The Balaban J connectivity index is 0.00000280. The highest BCUT2D eigenvalue weighted by Crippen LogP contribution is 2.34. The fourth-order valence-electron chi connectivity index (χ4n) is 3.72. The summed E-state index contributed by atoms with van der Waals surface area (Å²) in [7, 11) is -3.36. The van der Waals surface area contributed by atoms with Crippen LogP contribution in [0, 0.1) is 5.92 Å². The zero-order chi connectivity index (χ0) is 19.9. The molecule has 1 aromatic rings. The number of anilines is 1. The third-order valence-electron chi connectivity index (χ3n) is 5.49. The van der Waals surface area contributed by atoms with E-state index >= 15 is 0 Å². The molecule has 2 amide bonds. The molecule has 10 heteroatoms. The normalized spacial score (nSPS) is 24.4. The van der Waals surface area contributed by atoms with E-state index in [1.165, 1.54) is 0 Å². The molecule has 0 spiro atoms. The summed E-state index contributed by atoms with van der Waals surface area (Å²) in [4.78, 5) is 27.3. The van der Waals surface area contributed by atoms with Gasteiger partial charge in [-0.1, -0.05) is 13.8 Å². The first-order valence-electron chi connectivity index (χ1n) is 9.25. The van der Waals surface area contributed by atoms with Gasteiger partial charge in [-0.3, -0.25) is 4.79 Å². The lowest BCUT2D eigenvalue weighted by molar-refractivity contribution is -0.711. The molecule has 156 valence electrons. The summed E-state index contributed by atoms with van der Waals surface area (Å²) in [5.41, 5.74) is 1.00. The van der Waals surface area contributed by atoms with Crippen molar-refractivity contribution in [3.63, 3.8) is 0 Å². The van der Waals surface area contributed by atoms with Crippen molar-refractivity contribution in [1.82, 2.24) is 10.0 Å². The number of carbonyl (C=O) groups excluding carboxylic acids is 2. The number of hydrogen-bond acceptors (Lipinski definition) is 4. The van der Waals surface area contributed by atoms with E-state index in [1.807, 2.05) is 43.7 Å². The number of nitrogens with zero attached hydrogens (tertiary/aromatic N) is 2. The minimum Gasteiger partial charge on any atom is -0.339 e. The minimum atomic E-state index is -3.36. The van der Waals surface area contributed by atoms with Crippen LogP contribution in [0.25, 0.3) is 0 Å². The van der Waals surface area contributed by atoms with Gasteiger partial charge in [-0.25, -0.2) is 22.5 Å². The summed E-state index contributed by atoms with van der Waals surface area (Å²) >= 11 is 0. The fourth-order valence-corrected chi connectivity index (χ4v) is 4.22. The van der Waals surface area contributed by atoms with Gasteiger partial charge in [-0.05, 0) is 25.5 Å². The van der Waals surface area contributed by atoms with Crippen LogP contribution in [0.2, 0.25) is 0 Å². The van der Waals surface area contributed by atoms with E-state index in [4.69, 9.17) is 0 Å². The molecule has 0 aliphatic carbocycles. The number of sulfonamides is 1. The first-order valence-corrected chi connectivity index (χ1v) is 11.1. The highest BCUT2D eigenvalue weighted by molar-refractivity contribution is 7.88.